The van der Waals surface area contributed by atoms with E-state index in [1.54, 1.807) is 0 Å². The van der Waals surface area contributed by atoms with E-state index in [1.807, 2.05) is 13.8 Å². The lowest BCUT2D eigenvalue weighted by Gasteiger charge is -2.06. The molecule has 96 valence electrons. The number of rotatable bonds is 5. The Morgan fingerprint density at radius 1 is 1.47 bits per heavy atom. The van der Waals surface area contributed by atoms with E-state index in [2.05, 4.69) is 10.3 Å². The van der Waals surface area contributed by atoms with Crippen LogP contribution >= 0.6 is 0 Å². The van der Waals surface area contributed by atoms with Gasteiger partial charge in [-0.05, 0) is 12.8 Å². The molecule has 0 spiro atoms. The van der Waals surface area contributed by atoms with Crippen molar-refractivity contribution in [3.63, 3.8) is 0 Å². The highest BCUT2D eigenvalue weighted by molar-refractivity contribution is 5.88. The Balaban J connectivity index is 2.71. The van der Waals surface area contributed by atoms with Crippen LogP contribution in [0.25, 0.3) is 0 Å². The molecule has 0 saturated carbocycles. The molecule has 0 unspecified atom stereocenters. The molecule has 0 aliphatic heterocycles. The van der Waals surface area contributed by atoms with Crippen LogP contribution in [0.15, 0.2) is 0 Å². The molecule has 0 saturated heterocycles. The normalized spacial score (nSPS) is 11.2. The van der Waals surface area contributed by atoms with Crippen LogP contribution in [-0.2, 0) is 11.3 Å². The van der Waals surface area contributed by atoms with Crippen LogP contribution in [0, 0.1) is 12.8 Å². The Labute approximate surface area is 97.8 Å². The molecule has 1 rings (SSSR count). The first-order valence-corrected chi connectivity index (χ1v) is 5.27. The lowest BCUT2D eigenvalue weighted by Crippen LogP contribution is -2.13. The topological polar surface area (TPSA) is 57.0 Å². The number of aromatic nitrogens is 3. The highest BCUT2D eigenvalue weighted by Crippen LogP contribution is 2.08. The van der Waals surface area contributed by atoms with Gasteiger partial charge in [0, 0.05) is 0 Å². The van der Waals surface area contributed by atoms with E-state index in [4.69, 9.17) is 4.74 Å². The zero-order chi connectivity index (χ0) is 13.0. The molecular formula is C10H15F2N3O2. The summed E-state index contributed by atoms with van der Waals surface area (Å²) < 4.78 is 30.3. The summed E-state index contributed by atoms with van der Waals surface area (Å²) in [6.07, 6.45) is -2.53. The second kappa shape index (κ2) is 5.70. The lowest BCUT2D eigenvalue weighted by molar-refractivity contribution is 0.0450. The summed E-state index contributed by atoms with van der Waals surface area (Å²) in [6, 6.07) is 0. The molecule has 1 aromatic heterocycles. The molecule has 0 amide bonds. The zero-order valence-corrected chi connectivity index (χ0v) is 9.98. The summed E-state index contributed by atoms with van der Waals surface area (Å²) in [5, 5.41) is 7.04. The van der Waals surface area contributed by atoms with E-state index in [0.717, 1.165) is 4.68 Å². The molecule has 0 aromatic carbocycles. The van der Waals surface area contributed by atoms with Gasteiger partial charge in [-0.1, -0.05) is 19.1 Å². The van der Waals surface area contributed by atoms with Gasteiger partial charge in [0.25, 0.3) is 6.43 Å². The maximum absolute atomic E-state index is 12.2. The van der Waals surface area contributed by atoms with Crippen molar-refractivity contribution in [3.05, 3.63) is 11.4 Å². The third-order valence-electron chi connectivity index (χ3n) is 2.03. The second-order valence-corrected chi connectivity index (χ2v) is 4.09. The fourth-order valence-electron chi connectivity index (χ4n) is 1.16. The van der Waals surface area contributed by atoms with Gasteiger partial charge in [-0.15, -0.1) is 5.10 Å². The minimum atomic E-state index is -2.53. The van der Waals surface area contributed by atoms with E-state index in [-0.39, 0.29) is 18.2 Å². The van der Waals surface area contributed by atoms with Crippen molar-refractivity contribution < 1.29 is 18.3 Å². The van der Waals surface area contributed by atoms with Gasteiger partial charge in [-0.25, -0.2) is 18.3 Å². The van der Waals surface area contributed by atoms with Crippen molar-refractivity contribution in [1.82, 2.24) is 15.0 Å². The van der Waals surface area contributed by atoms with Gasteiger partial charge in [0.05, 0.1) is 12.3 Å². The lowest BCUT2D eigenvalue weighted by atomic mass is 10.2. The summed E-state index contributed by atoms with van der Waals surface area (Å²) in [5.74, 6) is -0.424. The van der Waals surface area contributed by atoms with Gasteiger partial charge in [0.1, 0.15) is 6.54 Å². The molecule has 0 atom stereocenters. The zero-order valence-electron chi connectivity index (χ0n) is 9.98. The van der Waals surface area contributed by atoms with Gasteiger partial charge < -0.3 is 4.74 Å². The van der Waals surface area contributed by atoms with E-state index >= 15 is 0 Å². The van der Waals surface area contributed by atoms with Gasteiger partial charge >= 0.3 is 5.97 Å². The van der Waals surface area contributed by atoms with Crippen molar-refractivity contribution in [1.29, 1.82) is 0 Å². The first-order chi connectivity index (χ1) is 7.91. The van der Waals surface area contributed by atoms with Crippen LogP contribution in [0.1, 0.15) is 30.0 Å². The average Bonchev–Trinajstić information content (AvgIpc) is 2.56. The third-order valence-corrected chi connectivity index (χ3v) is 2.03. The third kappa shape index (κ3) is 3.76. The van der Waals surface area contributed by atoms with Crippen LogP contribution in [0.5, 0.6) is 0 Å². The number of halogens is 2. The van der Waals surface area contributed by atoms with Crippen molar-refractivity contribution in [2.24, 2.45) is 5.92 Å². The monoisotopic (exact) mass is 247 g/mol. The SMILES string of the molecule is Cc1c(C(=O)OCC(C)C)nnn1CC(F)F. The van der Waals surface area contributed by atoms with E-state index in [0.29, 0.717) is 5.69 Å². The highest BCUT2D eigenvalue weighted by Gasteiger charge is 2.19. The van der Waals surface area contributed by atoms with Crippen molar-refractivity contribution in [2.75, 3.05) is 6.61 Å². The van der Waals surface area contributed by atoms with Crippen molar-refractivity contribution in [3.8, 4) is 0 Å². The number of carbonyl (C=O) groups is 1. The molecule has 0 bridgehead atoms. The predicted molar refractivity (Wildman–Crippen MR) is 55.9 cm³/mol. The maximum atomic E-state index is 12.2. The predicted octanol–water partition coefficient (Wildman–Crippen LogP) is 1.66. The van der Waals surface area contributed by atoms with Crippen LogP contribution < -0.4 is 0 Å². The minimum Gasteiger partial charge on any atom is -0.461 e. The summed E-state index contributed by atoms with van der Waals surface area (Å²) >= 11 is 0. The molecule has 5 nitrogen and oxygen atoms in total. The summed E-state index contributed by atoms with van der Waals surface area (Å²) in [7, 11) is 0. The molecule has 1 aromatic rings. The van der Waals surface area contributed by atoms with E-state index in [1.165, 1.54) is 6.92 Å². The Hall–Kier alpha value is -1.53. The number of ether oxygens (including phenoxy) is 1. The largest absolute Gasteiger partial charge is 0.461 e. The fourth-order valence-corrected chi connectivity index (χ4v) is 1.16. The Kier molecular flexibility index (Phi) is 4.53. The first-order valence-electron chi connectivity index (χ1n) is 5.27. The number of hydrogen-bond acceptors (Lipinski definition) is 4. The molecule has 7 heteroatoms. The van der Waals surface area contributed by atoms with Crippen LogP contribution in [0.3, 0.4) is 0 Å². The highest BCUT2D eigenvalue weighted by atomic mass is 19.3. The standard InChI is InChI=1S/C10H15F2N3O2/c1-6(2)5-17-10(16)9-7(3)15(14-13-9)4-8(11)12/h6,8H,4-5H2,1-3H3. The van der Waals surface area contributed by atoms with E-state index in [9.17, 15) is 13.6 Å². The number of hydrogen-bond donors (Lipinski definition) is 0. The second-order valence-electron chi connectivity index (χ2n) is 4.09. The summed E-state index contributed by atoms with van der Waals surface area (Å²) in [6.45, 7) is 4.99. The number of esters is 1. The fraction of sp³-hybridized carbons (Fsp3) is 0.700. The summed E-state index contributed by atoms with van der Waals surface area (Å²) in [4.78, 5) is 11.5. The van der Waals surface area contributed by atoms with Gasteiger partial charge in [0.15, 0.2) is 5.69 Å². The molecule has 0 aliphatic carbocycles. The van der Waals surface area contributed by atoms with Gasteiger partial charge in [-0.3, -0.25) is 0 Å². The van der Waals surface area contributed by atoms with Crippen molar-refractivity contribution in [2.45, 2.75) is 33.7 Å². The molecule has 1 heterocycles. The van der Waals surface area contributed by atoms with Crippen LogP contribution in [0.4, 0.5) is 8.78 Å². The molecule has 0 aliphatic rings. The van der Waals surface area contributed by atoms with Gasteiger partial charge in [0.2, 0.25) is 0 Å². The quantitative estimate of drug-likeness (QED) is 0.742. The average molecular weight is 247 g/mol. The molecular weight excluding hydrogens is 232 g/mol. The van der Waals surface area contributed by atoms with E-state index < -0.39 is 18.9 Å². The number of alkyl halides is 2. The molecule has 17 heavy (non-hydrogen) atoms. The summed E-state index contributed by atoms with van der Waals surface area (Å²) in [5.41, 5.74) is 0.283. The number of nitrogens with zero attached hydrogens (tertiary/aromatic N) is 3. The smallest absolute Gasteiger partial charge is 0.360 e. The van der Waals surface area contributed by atoms with Gasteiger partial charge in [-0.2, -0.15) is 0 Å². The van der Waals surface area contributed by atoms with Crippen molar-refractivity contribution >= 4 is 5.97 Å². The van der Waals surface area contributed by atoms with Crippen LogP contribution in [0.2, 0.25) is 0 Å². The Bertz CT molecular complexity index is 391. The Morgan fingerprint density at radius 2 is 2.12 bits per heavy atom. The first kappa shape index (κ1) is 13.5. The maximum Gasteiger partial charge on any atom is 0.360 e. The molecule has 0 fully saturated rings. The molecule has 0 radical (unpaired) electrons. The number of carbonyl (C=O) groups excluding carboxylic acids is 1. The minimum absolute atomic E-state index is 0.00806. The molecule has 0 N–H and O–H groups in total. The van der Waals surface area contributed by atoms with Crippen LogP contribution in [-0.4, -0.2) is 34.0 Å². The Morgan fingerprint density at radius 3 is 2.65 bits per heavy atom.